The molecule has 5 heteroatoms. The van der Waals surface area contributed by atoms with Crippen molar-refractivity contribution in [2.24, 2.45) is 0 Å². The van der Waals surface area contributed by atoms with Crippen LogP contribution in [0.25, 0.3) is 0 Å². The molecule has 0 N–H and O–H groups in total. The molecule has 0 saturated carbocycles. The van der Waals surface area contributed by atoms with E-state index in [0.717, 1.165) is 0 Å². The van der Waals surface area contributed by atoms with E-state index in [4.69, 9.17) is 23.2 Å². The highest BCUT2D eigenvalue weighted by Crippen LogP contribution is 2.28. The van der Waals surface area contributed by atoms with Crippen molar-refractivity contribution in [1.29, 1.82) is 0 Å². The van der Waals surface area contributed by atoms with Crippen LogP contribution in [0.2, 0.25) is 0 Å². The molecule has 0 bridgehead atoms. The monoisotopic (exact) mass is 314 g/mol. The van der Waals surface area contributed by atoms with E-state index in [-0.39, 0.29) is 0 Å². The van der Waals surface area contributed by atoms with Crippen LogP contribution in [0.5, 0.6) is 0 Å². The predicted molar refractivity (Wildman–Crippen MR) is 54.5 cm³/mol. The molecule has 0 aliphatic carbocycles. The quantitative estimate of drug-likeness (QED) is 0.714. The molecule has 0 aliphatic rings. The summed E-state index contributed by atoms with van der Waals surface area (Å²) < 4.78 is 0.588. The average molecular weight is 317 g/mol. The summed E-state index contributed by atoms with van der Waals surface area (Å²) in [6.07, 6.45) is 0. The standard InChI is InChI=1S/C4H6Br2Cl2S/c5-3(1-7)9-4(6)2-8/h3-4H,1-2H2/t3-,4+. The molecule has 9 heavy (non-hydrogen) atoms. The second-order valence-corrected chi connectivity index (χ2v) is 6.72. The second kappa shape index (κ2) is 6.59. The minimum absolute atomic E-state index is 0.294. The van der Waals surface area contributed by atoms with Gasteiger partial charge in [-0.15, -0.1) is 35.0 Å². The first kappa shape index (κ1) is 10.9. The molecule has 0 aliphatic heterocycles. The minimum Gasteiger partial charge on any atom is -0.129 e. The number of thioether (sulfide) groups is 1. The molecule has 0 aromatic rings. The van der Waals surface area contributed by atoms with Crippen molar-refractivity contribution in [2.75, 3.05) is 11.8 Å². The van der Waals surface area contributed by atoms with E-state index in [0.29, 0.717) is 20.1 Å². The van der Waals surface area contributed by atoms with E-state index in [1.807, 2.05) is 0 Å². The Kier molecular flexibility index (Phi) is 7.97. The van der Waals surface area contributed by atoms with Crippen molar-refractivity contribution in [3.05, 3.63) is 0 Å². The fourth-order valence-electron chi connectivity index (χ4n) is 0.233. The third-order valence-electron chi connectivity index (χ3n) is 0.538. The fourth-order valence-corrected chi connectivity index (χ4v) is 3.57. The molecule has 0 fully saturated rings. The van der Waals surface area contributed by atoms with E-state index in [1.165, 1.54) is 0 Å². The van der Waals surface area contributed by atoms with Crippen LogP contribution < -0.4 is 0 Å². The van der Waals surface area contributed by atoms with Crippen LogP contribution in [0.1, 0.15) is 0 Å². The van der Waals surface area contributed by atoms with Gasteiger partial charge < -0.3 is 0 Å². The zero-order chi connectivity index (χ0) is 7.28. The van der Waals surface area contributed by atoms with Gasteiger partial charge >= 0.3 is 0 Å². The Labute approximate surface area is 86.3 Å². The lowest BCUT2D eigenvalue weighted by Gasteiger charge is -2.07. The van der Waals surface area contributed by atoms with Gasteiger partial charge in [0.25, 0.3) is 0 Å². The third-order valence-corrected chi connectivity index (χ3v) is 5.13. The molecule has 0 unspecified atom stereocenters. The zero-order valence-corrected chi connectivity index (χ0v) is 9.99. The smallest absolute Gasteiger partial charge is 0.0746 e. The molecular weight excluding hydrogens is 311 g/mol. The van der Waals surface area contributed by atoms with Crippen molar-refractivity contribution in [2.45, 2.75) is 8.32 Å². The normalized spacial score (nSPS) is 17.3. The lowest BCUT2D eigenvalue weighted by Crippen LogP contribution is -2.01. The topological polar surface area (TPSA) is 0 Å². The summed E-state index contributed by atoms with van der Waals surface area (Å²) in [7, 11) is 0. The molecule has 0 aromatic heterocycles. The van der Waals surface area contributed by atoms with E-state index < -0.39 is 0 Å². The molecule has 0 rings (SSSR count). The third kappa shape index (κ3) is 6.29. The molecule has 0 amide bonds. The van der Waals surface area contributed by atoms with E-state index >= 15 is 0 Å². The van der Waals surface area contributed by atoms with Crippen LogP contribution in [0.4, 0.5) is 0 Å². The van der Waals surface area contributed by atoms with Crippen molar-refractivity contribution in [3.63, 3.8) is 0 Å². The fraction of sp³-hybridized carbons (Fsp3) is 1.00. The van der Waals surface area contributed by atoms with Crippen LogP contribution in [0.3, 0.4) is 0 Å². The molecular formula is C4H6Br2Cl2S. The largest absolute Gasteiger partial charge is 0.129 e. The molecule has 56 valence electrons. The maximum Gasteiger partial charge on any atom is 0.0746 e. The Morgan fingerprint density at radius 3 is 1.67 bits per heavy atom. The second-order valence-electron chi connectivity index (χ2n) is 1.26. The summed E-state index contributed by atoms with van der Waals surface area (Å²) in [4.78, 5) is 0. The summed E-state index contributed by atoms with van der Waals surface area (Å²) >= 11 is 19.4. The number of halogens is 4. The average Bonchev–Trinajstić information content (AvgIpc) is 1.87. The SMILES string of the molecule is ClC[C@@H](Br)S[C@@H](Br)CCl. The van der Waals surface area contributed by atoms with E-state index in [1.54, 1.807) is 11.8 Å². The van der Waals surface area contributed by atoms with Crippen molar-refractivity contribution < 1.29 is 0 Å². The van der Waals surface area contributed by atoms with Gasteiger partial charge in [-0.05, 0) is 0 Å². The Hall–Kier alpha value is 1.89. The van der Waals surface area contributed by atoms with E-state index in [9.17, 15) is 0 Å². The highest BCUT2D eigenvalue weighted by molar-refractivity contribution is 9.13. The van der Waals surface area contributed by atoms with Crippen LogP contribution in [-0.4, -0.2) is 20.1 Å². The van der Waals surface area contributed by atoms with Crippen molar-refractivity contribution in [1.82, 2.24) is 0 Å². The van der Waals surface area contributed by atoms with Gasteiger partial charge in [0.2, 0.25) is 0 Å². The van der Waals surface area contributed by atoms with Gasteiger partial charge in [0, 0.05) is 11.8 Å². The minimum atomic E-state index is 0.294. The number of hydrogen-bond donors (Lipinski definition) is 0. The molecule has 2 atom stereocenters. The van der Waals surface area contributed by atoms with Gasteiger partial charge in [-0.2, -0.15) is 0 Å². The van der Waals surface area contributed by atoms with Crippen LogP contribution in [0, 0.1) is 0 Å². The van der Waals surface area contributed by atoms with Gasteiger partial charge in [-0.3, -0.25) is 0 Å². The molecule has 0 radical (unpaired) electrons. The predicted octanol–water partition coefficient (Wildman–Crippen LogP) is 3.64. The van der Waals surface area contributed by atoms with E-state index in [2.05, 4.69) is 31.9 Å². The van der Waals surface area contributed by atoms with Gasteiger partial charge in [-0.1, -0.05) is 31.9 Å². The highest BCUT2D eigenvalue weighted by atomic mass is 79.9. The highest BCUT2D eigenvalue weighted by Gasteiger charge is 2.08. The Morgan fingerprint density at radius 2 is 1.44 bits per heavy atom. The molecule has 0 nitrogen and oxygen atoms in total. The molecule has 0 heterocycles. The Bertz CT molecular complexity index is 65.6. The molecule has 0 saturated heterocycles. The van der Waals surface area contributed by atoms with Gasteiger partial charge in [0.1, 0.15) is 0 Å². The van der Waals surface area contributed by atoms with Crippen molar-refractivity contribution >= 4 is 66.8 Å². The first-order valence-corrected chi connectivity index (χ1v) is 6.10. The summed E-state index contributed by atoms with van der Waals surface area (Å²) in [5.74, 6) is 1.20. The lowest BCUT2D eigenvalue weighted by molar-refractivity contribution is 1.39. The zero-order valence-electron chi connectivity index (χ0n) is 4.49. The molecule has 0 spiro atoms. The molecule has 0 aromatic carbocycles. The van der Waals surface area contributed by atoms with Crippen molar-refractivity contribution in [3.8, 4) is 0 Å². The van der Waals surface area contributed by atoms with Crippen LogP contribution in [-0.2, 0) is 0 Å². The number of hydrogen-bond acceptors (Lipinski definition) is 1. The summed E-state index contributed by atoms with van der Waals surface area (Å²) in [6, 6.07) is 0. The van der Waals surface area contributed by atoms with Crippen LogP contribution >= 0.6 is 66.8 Å². The Morgan fingerprint density at radius 1 is 1.11 bits per heavy atom. The summed E-state index contributed by atoms with van der Waals surface area (Å²) in [5, 5.41) is 0. The maximum atomic E-state index is 5.52. The Balaban J connectivity index is 3.22. The number of rotatable bonds is 4. The maximum absolute atomic E-state index is 5.52. The number of alkyl halides is 4. The first-order chi connectivity index (χ1) is 4.20. The van der Waals surface area contributed by atoms with Gasteiger partial charge in [0.15, 0.2) is 0 Å². The van der Waals surface area contributed by atoms with Crippen LogP contribution in [0.15, 0.2) is 0 Å². The summed E-state index contributed by atoms with van der Waals surface area (Å²) in [6.45, 7) is 0. The lowest BCUT2D eigenvalue weighted by atomic mass is 10.9. The van der Waals surface area contributed by atoms with Gasteiger partial charge in [0.05, 0.1) is 8.32 Å². The summed E-state index contributed by atoms with van der Waals surface area (Å²) in [5.41, 5.74) is 0. The first-order valence-electron chi connectivity index (χ1n) is 2.26. The van der Waals surface area contributed by atoms with Gasteiger partial charge in [-0.25, -0.2) is 0 Å².